The van der Waals surface area contributed by atoms with Crippen molar-refractivity contribution in [3.63, 3.8) is 0 Å². The second kappa shape index (κ2) is 7.33. The average molecular weight is 235 g/mol. The highest BCUT2D eigenvalue weighted by Crippen LogP contribution is 2.00. The number of nitrogens with one attached hydrogen (secondary N) is 1. The van der Waals surface area contributed by atoms with Gasteiger partial charge >= 0.3 is 6.09 Å². The summed E-state index contributed by atoms with van der Waals surface area (Å²) in [4.78, 5) is 11.3. The number of carbonyl (C=O) groups excluding carboxylic acids is 1. The van der Waals surface area contributed by atoms with Gasteiger partial charge in [-0.05, 0) is 18.1 Å². The third kappa shape index (κ3) is 5.61. The summed E-state index contributed by atoms with van der Waals surface area (Å²) in [6, 6.07) is 9.42. The fraction of sp³-hybridized carbons (Fsp3) is 0.308. The highest BCUT2D eigenvalue weighted by molar-refractivity contribution is 5.67. The quantitative estimate of drug-likeness (QED) is 0.771. The van der Waals surface area contributed by atoms with Crippen LogP contribution in [0.3, 0.4) is 0 Å². The molecule has 17 heavy (non-hydrogen) atoms. The standard InChI is InChI=1S/C13H17NO3/c1-2-6-12(15)9-14-13(16)17-10-11-7-4-3-5-8-11/h3-8,15H,2,9-10H2,1H3,(H,14,16)/b12-6+. The number of allylic oxidation sites excluding steroid dienone is 1. The van der Waals surface area contributed by atoms with Crippen LogP contribution in [0.15, 0.2) is 42.2 Å². The van der Waals surface area contributed by atoms with Crippen molar-refractivity contribution >= 4 is 6.09 Å². The number of carbonyl (C=O) groups is 1. The molecule has 0 aliphatic heterocycles. The number of rotatable bonds is 5. The molecule has 0 radical (unpaired) electrons. The van der Waals surface area contributed by atoms with Gasteiger partial charge in [-0.2, -0.15) is 0 Å². The number of benzene rings is 1. The maximum absolute atomic E-state index is 11.3. The summed E-state index contributed by atoms with van der Waals surface area (Å²) >= 11 is 0. The van der Waals surface area contributed by atoms with E-state index in [9.17, 15) is 9.90 Å². The van der Waals surface area contributed by atoms with Crippen LogP contribution >= 0.6 is 0 Å². The van der Waals surface area contributed by atoms with E-state index in [2.05, 4.69) is 5.32 Å². The number of alkyl carbamates (subject to hydrolysis) is 1. The Labute approximate surface area is 101 Å². The SMILES string of the molecule is CC/C=C(/O)CNC(=O)OCc1ccccc1. The zero-order valence-corrected chi connectivity index (χ0v) is 9.85. The van der Waals surface area contributed by atoms with E-state index in [1.54, 1.807) is 6.08 Å². The molecule has 0 heterocycles. The Morgan fingerprint density at radius 1 is 1.41 bits per heavy atom. The van der Waals surface area contributed by atoms with Crippen LogP contribution in [0.5, 0.6) is 0 Å². The summed E-state index contributed by atoms with van der Waals surface area (Å²) in [5.41, 5.74) is 0.927. The minimum Gasteiger partial charge on any atom is -0.511 e. The summed E-state index contributed by atoms with van der Waals surface area (Å²) < 4.78 is 4.97. The van der Waals surface area contributed by atoms with Crippen LogP contribution in [-0.4, -0.2) is 17.7 Å². The van der Waals surface area contributed by atoms with Gasteiger partial charge in [0.1, 0.15) is 12.4 Å². The molecule has 1 aromatic rings. The maximum atomic E-state index is 11.3. The normalized spacial score (nSPS) is 11.0. The number of aliphatic hydroxyl groups excluding tert-OH is 1. The molecule has 1 rings (SSSR count). The van der Waals surface area contributed by atoms with Gasteiger partial charge in [-0.3, -0.25) is 0 Å². The van der Waals surface area contributed by atoms with Gasteiger partial charge in [0.2, 0.25) is 0 Å². The molecular weight excluding hydrogens is 218 g/mol. The molecule has 1 aromatic carbocycles. The Morgan fingerprint density at radius 2 is 2.12 bits per heavy atom. The molecule has 0 saturated heterocycles. The van der Waals surface area contributed by atoms with Crippen molar-refractivity contribution in [2.24, 2.45) is 0 Å². The first-order valence-electron chi connectivity index (χ1n) is 5.55. The fourth-order valence-corrected chi connectivity index (χ4v) is 1.24. The van der Waals surface area contributed by atoms with Crippen LogP contribution in [0.25, 0.3) is 0 Å². The van der Waals surface area contributed by atoms with E-state index < -0.39 is 6.09 Å². The molecular formula is C13H17NO3. The lowest BCUT2D eigenvalue weighted by Gasteiger charge is -2.06. The minimum absolute atomic E-state index is 0.0987. The Morgan fingerprint density at radius 3 is 2.76 bits per heavy atom. The van der Waals surface area contributed by atoms with Gasteiger partial charge < -0.3 is 15.2 Å². The second-order valence-electron chi connectivity index (χ2n) is 3.52. The van der Waals surface area contributed by atoms with E-state index in [0.29, 0.717) is 0 Å². The van der Waals surface area contributed by atoms with Crippen molar-refractivity contribution in [2.45, 2.75) is 20.0 Å². The minimum atomic E-state index is -0.537. The molecule has 0 aromatic heterocycles. The average Bonchev–Trinajstić information content (AvgIpc) is 2.35. The first-order chi connectivity index (χ1) is 8.22. The molecule has 92 valence electrons. The molecule has 0 saturated carbocycles. The molecule has 0 fully saturated rings. The zero-order chi connectivity index (χ0) is 12.5. The maximum Gasteiger partial charge on any atom is 0.407 e. The molecule has 4 heteroatoms. The molecule has 1 amide bonds. The lowest BCUT2D eigenvalue weighted by Crippen LogP contribution is -2.26. The third-order valence-electron chi connectivity index (χ3n) is 2.07. The van der Waals surface area contributed by atoms with Gasteiger partial charge in [0.15, 0.2) is 0 Å². The van der Waals surface area contributed by atoms with Crippen molar-refractivity contribution in [1.29, 1.82) is 0 Å². The lowest BCUT2D eigenvalue weighted by atomic mass is 10.2. The number of hydrogen-bond acceptors (Lipinski definition) is 3. The first-order valence-corrected chi connectivity index (χ1v) is 5.55. The van der Waals surface area contributed by atoms with Gasteiger partial charge in [-0.1, -0.05) is 37.3 Å². The second-order valence-corrected chi connectivity index (χ2v) is 3.52. The number of hydrogen-bond donors (Lipinski definition) is 2. The predicted molar refractivity (Wildman–Crippen MR) is 65.6 cm³/mol. The number of aliphatic hydroxyl groups is 1. The summed E-state index contributed by atoms with van der Waals surface area (Å²) in [5.74, 6) is 0.143. The van der Waals surface area contributed by atoms with E-state index in [0.717, 1.165) is 12.0 Å². The highest BCUT2D eigenvalue weighted by atomic mass is 16.5. The lowest BCUT2D eigenvalue weighted by molar-refractivity contribution is 0.139. The molecule has 0 bridgehead atoms. The highest BCUT2D eigenvalue weighted by Gasteiger charge is 2.02. The zero-order valence-electron chi connectivity index (χ0n) is 9.85. The smallest absolute Gasteiger partial charge is 0.407 e. The fourth-order valence-electron chi connectivity index (χ4n) is 1.24. The predicted octanol–water partition coefficient (Wildman–Crippen LogP) is 2.76. The Bertz CT molecular complexity index is 374. The topological polar surface area (TPSA) is 58.6 Å². The van der Waals surface area contributed by atoms with Gasteiger partial charge in [0, 0.05) is 0 Å². The van der Waals surface area contributed by atoms with Crippen molar-refractivity contribution in [3.05, 3.63) is 47.7 Å². The van der Waals surface area contributed by atoms with Crippen molar-refractivity contribution in [1.82, 2.24) is 5.32 Å². The third-order valence-corrected chi connectivity index (χ3v) is 2.07. The first kappa shape index (κ1) is 13.1. The van der Waals surface area contributed by atoms with Crippen molar-refractivity contribution in [3.8, 4) is 0 Å². The van der Waals surface area contributed by atoms with Crippen molar-refractivity contribution < 1.29 is 14.6 Å². The van der Waals surface area contributed by atoms with E-state index in [4.69, 9.17) is 4.74 Å². The summed E-state index contributed by atoms with van der Waals surface area (Å²) in [7, 11) is 0. The van der Waals surface area contributed by atoms with Gasteiger partial charge in [-0.15, -0.1) is 0 Å². The van der Waals surface area contributed by atoms with Crippen LogP contribution in [-0.2, 0) is 11.3 Å². The van der Waals surface area contributed by atoms with E-state index in [-0.39, 0.29) is 18.9 Å². The monoisotopic (exact) mass is 235 g/mol. The summed E-state index contributed by atoms with van der Waals surface area (Å²) in [6.45, 7) is 2.23. The number of amides is 1. The van der Waals surface area contributed by atoms with E-state index >= 15 is 0 Å². The molecule has 0 spiro atoms. The molecule has 4 nitrogen and oxygen atoms in total. The van der Waals surface area contributed by atoms with Gasteiger partial charge in [0.05, 0.1) is 6.54 Å². The van der Waals surface area contributed by atoms with Crippen LogP contribution < -0.4 is 5.32 Å². The summed E-state index contributed by atoms with van der Waals surface area (Å²) in [6.07, 6.45) is 1.83. The molecule has 0 atom stereocenters. The van der Waals surface area contributed by atoms with Gasteiger partial charge in [-0.25, -0.2) is 4.79 Å². The van der Waals surface area contributed by atoms with Crippen LogP contribution in [0, 0.1) is 0 Å². The Kier molecular flexibility index (Phi) is 5.64. The number of ether oxygens (including phenoxy) is 1. The Balaban J connectivity index is 2.24. The Hall–Kier alpha value is -1.97. The molecule has 2 N–H and O–H groups in total. The summed E-state index contributed by atoms with van der Waals surface area (Å²) in [5, 5.41) is 11.7. The molecule has 0 aliphatic rings. The van der Waals surface area contributed by atoms with E-state index in [1.165, 1.54) is 0 Å². The van der Waals surface area contributed by atoms with Crippen LogP contribution in [0.4, 0.5) is 4.79 Å². The van der Waals surface area contributed by atoms with Crippen molar-refractivity contribution in [2.75, 3.05) is 6.54 Å². The van der Waals surface area contributed by atoms with Crippen LogP contribution in [0.2, 0.25) is 0 Å². The molecule has 0 unspecified atom stereocenters. The van der Waals surface area contributed by atoms with E-state index in [1.807, 2.05) is 37.3 Å². The molecule has 0 aliphatic carbocycles. The van der Waals surface area contributed by atoms with Gasteiger partial charge in [0.25, 0.3) is 0 Å². The van der Waals surface area contributed by atoms with Crippen LogP contribution in [0.1, 0.15) is 18.9 Å². The largest absolute Gasteiger partial charge is 0.511 e.